The van der Waals surface area contributed by atoms with E-state index in [1.165, 1.54) is 0 Å². The van der Waals surface area contributed by atoms with Gasteiger partial charge in [0.15, 0.2) is 0 Å². The summed E-state index contributed by atoms with van der Waals surface area (Å²) in [4.78, 5) is 0. The van der Waals surface area contributed by atoms with Crippen molar-refractivity contribution in [1.29, 1.82) is 0 Å². The first-order valence-electron chi connectivity index (χ1n) is 6.05. The van der Waals surface area contributed by atoms with Crippen molar-refractivity contribution in [3.63, 3.8) is 0 Å². The van der Waals surface area contributed by atoms with Crippen molar-refractivity contribution in [2.24, 2.45) is 5.92 Å². The van der Waals surface area contributed by atoms with E-state index >= 15 is 0 Å². The van der Waals surface area contributed by atoms with E-state index in [4.69, 9.17) is 11.6 Å². The predicted octanol–water partition coefficient (Wildman–Crippen LogP) is 2.93. The molecule has 1 atom stereocenters. The summed E-state index contributed by atoms with van der Waals surface area (Å²) in [7, 11) is -3.31. The van der Waals surface area contributed by atoms with Crippen LogP contribution in [-0.4, -0.2) is 20.1 Å². The largest absolute Gasteiger partial charge is 0.213 e. The number of benzene rings is 1. The van der Waals surface area contributed by atoms with Gasteiger partial charge in [0.1, 0.15) is 0 Å². The summed E-state index contributed by atoms with van der Waals surface area (Å²) in [6.07, 6.45) is 0.769. The van der Waals surface area contributed by atoms with Crippen LogP contribution in [-0.2, 0) is 10.0 Å². The average molecular weight is 290 g/mol. The number of hydrogen-bond acceptors (Lipinski definition) is 2. The first kappa shape index (κ1) is 15.5. The van der Waals surface area contributed by atoms with Crippen LogP contribution in [0, 0.1) is 5.92 Å². The fraction of sp³-hybridized carbons (Fsp3) is 0.538. The van der Waals surface area contributed by atoms with Crippen molar-refractivity contribution < 1.29 is 8.42 Å². The third-order valence-electron chi connectivity index (χ3n) is 2.58. The lowest BCUT2D eigenvalue weighted by Gasteiger charge is -2.20. The van der Waals surface area contributed by atoms with Crippen molar-refractivity contribution >= 4 is 21.6 Å². The highest BCUT2D eigenvalue weighted by Crippen LogP contribution is 2.22. The fourth-order valence-electron chi connectivity index (χ4n) is 1.79. The van der Waals surface area contributed by atoms with Crippen LogP contribution in [0.25, 0.3) is 0 Å². The van der Waals surface area contributed by atoms with Crippen LogP contribution in [0.1, 0.15) is 31.9 Å². The Morgan fingerprint density at radius 2 is 1.83 bits per heavy atom. The zero-order valence-corrected chi connectivity index (χ0v) is 12.3. The number of nitrogens with one attached hydrogen (secondary N) is 1. The smallest absolute Gasteiger partial charge is 0.212 e. The Balaban J connectivity index is 2.86. The highest BCUT2D eigenvalue weighted by molar-refractivity contribution is 7.89. The molecule has 0 saturated carbocycles. The molecular weight excluding hydrogens is 270 g/mol. The molecule has 0 aliphatic rings. The van der Waals surface area contributed by atoms with Gasteiger partial charge in [-0.15, -0.1) is 11.6 Å². The molecule has 0 aromatic heterocycles. The van der Waals surface area contributed by atoms with Crippen molar-refractivity contribution in [3.05, 3.63) is 35.9 Å². The molecule has 0 bridgehead atoms. The molecule has 0 saturated heterocycles. The van der Waals surface area contributed by atoms with Gasteiger partial charge in [-0.3, -0.25) is 0 Å². The van der Waals surface area contributed by atoms with E-state index in [0.29, 0.717) is 5.92 Å². The molecule has 3 nitrogen and oxygen atoms in total. The molecule has 102 valence electrons. The van der Waals surface area contributed by atoms with Crippen LogP contribution < -0.4 is 4.72 Å². The molecule has 0 fully saturated rings. The van der Waals surface area contributed by atoms with E-state index < -0.39 is 10.0 Å². The molecule has 0 spiro atoms. The van der Waals surface area contributed by atoms with Crippen LogP contribution in [0.2, 0.25) is 0 Å². The first-order valence-corrected chi connectivity index (χ1v) is 8.24. The van der Waals surface area contributed by atoms with Crippen LogP contribution >= 0.6 is 11.6 Å². The second kappa shape index (κ2) is 7.12. The average Bonchev–Trinajstić information content (AvgIpc) is 2.28. The summed E-state index contributed by atoms with van der Waals surface area (Å²) in [5, 5.41) is 0. The van der Waals surface area contributed by atoms with Gasteiger partial charge >= 0.3 is 0 Å². The Hall–Kier alpha value is -0.580. The topological polar surface area (TPSA) is 46.2 Å². The maximum absolute atomic E-state index is 11.8. The summed E-state index contributed by atoms with van der Waals surface area (Å²) < 4.78 is 26.3. The molecule has 5 heteroatoms. The number of rotatable bonds is 7. The lowest BCUT2D eigenvalue weighted by Crippen LogP contribution is -2.32. The molecule has 0 amide bonds. The van der Waals surface area contributed by atoms with Gasteiger partial charge in [-0.1, -0.05) is 44.2 Å². The minimum Gasteiger partial charge on any atom is -0.212 e. The SMILES string of the molecule is CC(C)CC(NS(=O)(=O)CCCl)c1ccccc1. The maximum atomic E-state index is 11.8. The minimum atomic E-state index is -3.31. The minimum absolute atomic E-state index is 0.0457. The summed E-state index contributed by atoms with van der Waals surface area (Å²) in [6, 6.07) is 9.45. The quantitative estimate of drug-likeness (QED) is 0.785. The van der Waals surface area contributed by atoms with Crippen LogP contribution in [0.4, 0.5) is 0 Å². The van der Waals surface area contributed by atoms with Crippen molar-refractivity contribution in [2.45, 2.75) is 26.3 Å². The van der Waals surface area contributed by atoms with E-state index in [0.717, 1.165) is 12.0 Å². The van der Waals surface area contributed by atoms with E-state index in [2.05, 4.69) is 18.6 Å². The van der Waals surface area contributed by atoms with Crippen molar-refractivity contribution in [1.82, 2.24) is 4.72 Å². The van der Waals surface area contributed by atoms with Gasteiger partial charge in [0.05, 0.1) is 5.75 Å². The molecule has 1 rings (SSSR count). The number of halogens is 1. The van der Waals surface area contributed by atoms with Crippen molar-refractivity contribution in [2.75, 3.05) is 11.6 Å². The molecule has 1 N–H and O–H groups in total. The second-order valence-electron chi connectivity index (χ2n) is 4.72. The lowest BCUT2D eigenvalue weighted by atomic mass is 9.98. The van der Waals surface area contributed by atoms with Gasteiger partial charge < -0.3 is 0 Å². The van der Waals surface area contributed by atoms with Gasteiger partial charge in [0.2, 0.25) is 10.0 Å². The molecular formula is C13H20ClNO2S. The summed E-state index contributed by atoms with van der Waals surface area (Å²) in [6.45, 7) is 4.15. The molecule has 18 heavy (non-hydrogen) atoms. The fourth-order valence-corrected chi connectivity index (χ4v) is 3.38. The first-order chi connectivity index (χ1) is 8.44. The van der Waals surface area contributed by atoms with Crippen LogP contribution in [0.3, 0.4) is 0 Å². The Kier molecular flexibility index (Phi) is 6.12. The van der Waals surface area contributed by atoms with Crippen LogP contribution in [0.15, 0.2) is 30.3 Å². The predicted molar refractivity (Wildman–Crippen MR) is 76.3 cm³/mol. The van der Waals surface area contributed by atoms with Gasteiger partial charge in [-0.05, 0) is 17.9 Å². The zero-order chi connectivity index (χ0) is 13.6. The molecule has 1 unspecified atom stereocenters. The molecule has 1 aromatic carbocycles. The van der Waals surface area contributed by atoms with Gasteiger partial charge in [0.25, 0.3) is 0 Å². The molecule has 0 aliphatic heterocycles. The Bertz CT molecular complexity index is 445. The van der Waals surface area contributed by atoms with Gasteiger partial charge in [0, 0.05) is 11.9 Å². The third-order valence-corrected chi connectivity index (χ3v) is 4.38. The normalized spacial score (nSPS) is 13.8. The standard InChI is InChI=1S/C13H20ClNO2S/c1-11(2)10-13(12-6-4-3-5-7-12)15-18(16,17)9-8-14/h3-7,11,13,15H,8-10H2,1-2H3. The number of alkyl halides is 1. The molecule has 0 aliphatic carbocycles. The molecule has 1 aromatic rings. The zero-order valence-electron chi connectivity index (χ0n) is 10.8. The maximum Gasteiger partial charge on any atom is 0.213 e. The van der Waals surface area contributed by atoms with E-state index in [1.54, 1.807) is 0 Å². The van der Waals surface area contributed by atoms with Crippen molar-refractivity contribution in [3.8, 4) is 0 Å². The number of hydrogen-bond donors (Lipinski definition) is 1. The Morgan fingerprint density at radius 3 is 2.33 bits per heavy atom. The molecule has 0 heterocycles. The highest BCUT2D eigenvalue weighted by atomic mass is 35.5. The van der Waals surface area contributed by atoms with Crippen LogP contribution in [0.5, 0.6) is 0 Å². The summed E-state index contributed by atoms with van der Waals surface area (Å²) in [5.74, 6) is 0.475. The second-order valence-corrected chi connectivity index (χ2v) is 6.97. The Labute approximate surface area is 115 Å². The third kappa shape index (κ3) is 5.38. The van der Waals surface area contributed by atoms with E-state index in [-0.39, 0.29) is 17.7 Å². The lowest BCUT2D eigenvalue weighted by molar-refractivity contribution is 0.472. The number of sulfonamides is 1. The monoisotopic (exact) mass is 289 g/mol. The summed E-state index contributed by atoms with van der Waals surface area (Å²) >= 11 is 5.50. The van der Waals surface area contributed by atoms with Gasteiger partial charge in [-0.25, -0.2) is 13.1 Å². The highest BCUT2D eigenvalue weighted by Gasteiger charge is 2.19. The van der Waals surface area contributed by atoms with E-state index in [1.807, 2.05) is 30.3 Å². The van der Waals surface area contributed by atoms with Gasteiger partial charge in [-0.2, -0.15) is 0 Å². The Morgan fingerprint density at radius 1 is 1.22 bits per heavy atom. The van der Waals surface area contributed by atoms with E-state index in [9.17, 15) is 8.42 Å². The summed E-state index contributed by atoms with van der Waals surface area (Å²) in [5.41, 5.74) is 0.990. The molecule has 0 radical (unpaired) electrons.